The van der Waals surface area contributed by atoms with Gasteiger partial charge in [0.15, 0.2) is 0 Å². The van der Waals surface area contributed by atoms with Crippen LogP contribution in [0.15, 0.2) is 65.8 Å². The van der Waals surface area contributed by atoms with Crippen LogP contribution in [0.1, 0.15) is 18.1 Å². The molecular formula is C21H21N3O2. The van der Waals surface area contributed by atoms with E-state index < -0.39 is 6.04 Å². The van der Waals surface area contributed by atoms with Gasteiger partial charge in [0.2, 0.25) is 0 Å². The highest BCUT2D eigenvalue weighted by Crippen LogP contribution is 2.25. The number of nitrogens with one attached hydrogen (secondary N) is 2. The van der Waals surface area contributed by atoms with Crippen molar-refractivity contribution in [2.45, 2.75) is 19.9 Å². The quantitative estimate of drug-likeness (QED) is 0.485. The number of hydrogen-bond donors (Lipinski definition) is 3. The summed E-state index contributed by atoms with van der Waals surface area (Å²) < 4.78 is 0. The van der Waals surface area contributed by atoms with Gasteiger partial charge >= 0.3 is 0 Å². The minimum Gasteiger partial charge on any atom is -0.507 e. The molecule has 26 heavy (non-hydrogen) atoms. The van der Waals surface area contributed by atoms with Gasteiger partial charge in [-0.1, -0.05) is 42.5 Å². The zero-order chi connectivity index (χ0) is 18.5. The van der Waals surface area contributed by atoms with Crippen LogP contribution >= 0.6 is 0 Å². The summed E-state index contributed by atoms with van der Waals surface area (Å²) in [5.41, 5.74) is 5.08. The number of anilines is 1. The Morgan fingerprint density at radius 3 is 2.73 bits per heavy atom. The molecule has 0 spiro atoms. The number of amides is 1. The van der Waals surface area contributed by atoms with E-state index in [1.54, 1.807) is 13.0 Å². The molecular weight excluding hydrogens is 326 g/mol. The SMILES string of the molecule is Cc1cccc(NC(C)C(=O)NN=Cc2c(O)ccc3ccccc23)c1. The van der Waals surface area contributed by atoms with Crippen LogP contribution in [0, 0.1) is 6.92 Å². The number of phenolic OH excluding ortho intramolecular Hbond substituents is 1. The van der Waals surface area contributed by atoms with Gasteiger partial charge in [0.25, 0.3) is 5.91 Å². The lowest BCUT2D eigenvalue weighted by Gasteiger charge is -2.13. The lowest BCUT2D eigenvalue weighted by molar-refractivity contribution is -0.121. The molecule has 0 bridgehead atoms. The van der Waals surface area contributed by atoms with E-state index in [2.05, 4.69) is 15.8 Å². The van der Waals surface area contributed by atoms with Crippen molar-refractivity contribution in [3.05, 3.63) is 71.8 Å². The molecule has 0 aliphatic carbocycles. The molecule has 3 rings (SSSR count). The lowest BCUT2D eigenvalue weighted by Crippen LogP contribution is -2.34. The number of nitrogens with zero attached hydrogens (tertiary/aromatic N) is 1. The van der Waals surface area contributed by atoms with E-state index in [1.165, 1.54) is 6.21 Å². The molecule has 5 nitrogen and oxygen atoms in total. The van der Waals surface area contributed by atoms with E-state index in [0.717, 1.165) is 22.0 Å². The van der Waals surface area contributed by atoms with Crippen molar-refractivity contribution >= 4 is 28.6 Å². The van der Waals surface area contributed by atoms with Gasteiger partial charge in [0.1, 0.15) is 11.8 Å². The molecule has 3 N–H and O–H groups in total. The van der Waals surface area contributed by atoms with Gasteiger partial charge < -0.3 is 10.4 Å². The summed E-state index contributed by atoms with van der Waals surface area (Å²) in [6, 6.07) is 18.5. The van der Waals surface area contributed by atoms with Crippen molar-refractivity contribution in [2.75, 3.05) is 5.32 Å². The van der Waals surface area contributed by atoms with Crippen LogP contribution in [0.4, 0.5) is 5.69 Å². The standard InChI is InChI=1S/C21H21N3O2/c1-14-6-5-8-17(12-14)23-15(2)21(26)24-22-13-19-18-9-4-3-7-16(18)10-11-20(19)25/h3-13,15,23,25H,1-2H3,(H,24,26). The molecule has 0 radical (unpaired) electrons. The molecule has 0 fully saturated rings. The van der Waals surface area contributed by atoms with Crippen molar-refractivity contribution in [2.24, 2.45) is 5.10 Å². The first kappa shape index (κ1) is 17.5. The summed E-state index contributed by atoms with van der Waals surface area (Å²) in [6.45, 7) is 3.76. The second kappa shape index (κ2) is 7.70. The molecule has 0 aromatic heterocycles. The van der Waals surface area contributed by atoms with E-state index in [0.29, 0.717) is 5.56 Å². The second-order valence-corrected chi connectivity index (χ2v) is 6.19. The molecule has 0 aliphatic rings. The van der Waals surface area contributed by atoms with Crippen molar-refractivity contribution < 1.29 is 9.90 Å². The minimum atomic E-state index is -0.449. The summed E-state index contributed by atoms with van der Waals surface area (Å²) in [4.78, 5) is 12.2. The molecule has 0 heterocycles. The van der Waals surface area contributed by atoms with E-state index in [9.17, 15) is 9.90 Å². The fourth-order valence-corrected chi connectivity index (χ4v) is 2.73. The first-order valence-corrected chi connectivity index (χ1v) is 8.41. The second-order valence-electron chi connectivity index (χ2n) is 6.19. The predicted octanol–water partition coefficient (Wildman–Crippen LogP) is 3.80. The van der Waals surface area contributed by atoms with Crippen molar-refractivity contribution in [1.29, 1.82) is 0 Å². The Bertz CT molecular complexity index is 966. The number of benzene rings is 3. The summed E-state index contributed by atoms with van der Waals surface area (Å²) in [5, 5.41) is 19.1. The van der Waals surface area contributed by atoms with Crippen LogP contribution in [0.2, 0.25) is 0 Å². The predicted molar refractivity (Wildman–Crippen MR) is 106 cm³/mol. The maximum absolute atomic E-state index is 12.2. The number of aromatic hydroxyl groups is 1. The average Bonchev–Trinajstić information content (AvgIpc) is 2.63. The topological polar surface area (TPSA) is 73.7 Å². The van der Waals surface area contributed by atoms with E-state index in [4.69, 9.17) is 0 Å². The molecule has 1 amide bonds. The Hall–Kier alpha value is -3.34. The first-order chi connectivity index (χ1) is 12.5. The largest absolute Gasteiger partial charge is 0.507 e. The number of hydrogen-bond acceptors (Lipinski definition) is 4. The van der Waals surface area contributed by atoms with Crippen LogP contribution in [0.25, 0.3) is 10.8 Å². The molecule has 1 atom stereocenters. The molecule has 3 aromatic carbocycles. The van der Waals surface area contributed by atoms with Gasteiger partial charge in [0, 0.05) is 11.3 Å². The van der Waals surface area contributed by atoms with Crippen molar-refractivity contribution in [1.82, 2.24) is 5.43 Å². The Labute approximate surface area is 152 Å². The molecule has 1 unspecified atom stereocenters. The van der Waals surface area contributed by atoms with Crippen LogP contribution in [-0.4, -0.2) is 23.3 Å². The van der Waals surface area contributed by atoms with Crippen molar-refractivity contribution in [3.63, 3.8) is 0 Å². The zero-order valence-electron chi connectivity index (χ0n) is 14.7. The fraction of sp³-hybridized carbons (Fsp3) is 0.143. The monoisotopic (exact) mass is 347 g/mol. The summed E-state index contributed by atoms with van der Waals surface area (Å²) >= 11 is 0. The van der Waals surface area contributed by atoms with Gasteiger partial charge in [-0.25, -0.2) is 5.43 Å². The molecule has 0 aliphatic heterocycles. The number of rotatable bonds is 5. The molecule has 3 aromatic rings. The third kappa shape index (κ3) is 4.00. The van der Waals surface area contributed by atoms with E-state index >= 15 is 0 Å². The van der Waals surface area contributed by atoms with Crippen LogP contribution in [0.5, 0.6) is 5.75 Å². The maximum atomic E-state index is 12.2. The number of carbonyl (C=O) groups is 1. The fourth-order valence-electron chi connectivity index (χ4n) is 2.73. The number of fused-ring (bicyclic) bond motifs is 1. The summed E-state index contributed by atoms with van der Waals surface area (Å²) in [5.74, 6) is -0.143. The first-order valence-electron chi connectivity index (χ1n) is 8.41. The highest BCUT2D eigenvalue weighted by atomic mass is 16.3. The zero-order valence-corrected chi connectivity index (χ0v) is 14.7. The van der Waals surface area contributed by atoms with Gasteiger partial charge in [-0.2, -0.15) is 5.10 Å². The maximum Gasteiger partial charge on any atom is 0.262 e. The highest BCUT2D eigenvalue weighted by molar-refractivity contribution is 6.02. The van der Waals surface area contributed by atoms with Crippen LogP contribution < -0.4 is 10.7 Å². The number of aryl methyl sites for hydroxylation is 1. The van der Waals surface area contributed by atoms with Gasteiger partial charge in [-0.15, -0.1) is 0 Å². The smallest absolute Gasteiger partial charge is 0.262 e. The van der Waals surface area contributed by atoms with Gasteiger partial charge in [-0.3, -0.25) is 4.79 Å². The summed E-state index contributed by atoms with van der Waals surface area (Å²) in [6.07, 6.45) is 1.47. The van der Waals surface area contributed by atoms with E-state index in [-0.39, 0.29) is 11.7 Å². The highest BCUT2D eigenvalue weighted by Gasteiger charge is 2.12. The lowest BCUT2D eigenvalue weighted by atomic mass is 10.0. The molecule has 132 valence electrons. The third-order valence-corrected chi connectivity index (χ3v) is 4.11. The Morgan fingerprint density at radius 1 is 1.12 bits per heavy atom. The molecule has 0 saturated carbocycles. The minimum absolute atomic E-state index is 0.118. The van der Waals surface area contributed by atoms with Crippen molar-refractivity contribution in [3.8, 4) is 5.75 Å². The number of phenols is 1. The number of carbonyl (C=O) groups excluding carboxylic acids is 1. The van der Waals surface area contributed by atoms with Gasteiger partial charge in [0.05, 0.1) is 6.21 Å². The Balaban J connectivity index is 1.68. The Morgan fingerprint density at radius 2 is 1.92 bits per heavy atom. The number of hydrazone groups is 1. The van der Waals surface area contributed by atoms with Gasteiger partial charge in [-0.05, 0) is 48.4 Å². The van der Waals surface area contributed by atoms with Crippen LogP contribution in [-0.2, 0) is 4.79 Å². The molecule has 5 heteroatoms. The molecule has 0 saturated heterocycles. The van der Waals surface area contributed by atoms with E-state index in [1.807, 2.05) is 61.5 Å². The summed E-state index contributed by atoms with van der Waals surface area (Å²) in [7, 11) is 0. The van der Waals surface area contributed by atoms with Crippen LogP contribution in [0.3, 0.4) is 0 Å². The normalized spacial score (nSPS) is 12.2. The third-order valence-electron chi connectivity index (χ3n) is 4.11. The Kier molecular flexibility index (Phi) is 5.17. The average molecular weight is 347 g/mol.